The first kappa shape index (κ1) is 13.0. The number of likely N-dealkylation sites (N-methyl/N-ethyl adjacent to an activating group) is 1. The Bertz CT molecular complexity index is 263. The third kappa shape index (κ3) is 3.82. The molecule has 0 aliphatic carbocycles. The van der Waals surface area contributed by atoms with Gasteiger partial charge in [-0.15, -0.1) is 0 Å². The summed E-state index contributed by atoms with van der Waals surface area (Å²) < 4.78 is 0. The molecule has 0 amide bonds. The number of hydrogen-bond donors (Lipinski definition) is 1. The molecule has 0 bridgehead atoms. The van der Waals surface area contributed by atoms with Crippen molar-refractivity contribution in [2.75, 3.05) is 7.05 Å². The van der Waals surface area contributed by atoms with Gasteiger partial charge in [-0.3, -0.25) is 0 Å². The lowest BCUT2D eigenvalue weighted by molar-refractivity contribution is 0.762. The van der Waals surface area contributed by atoms with E-state index in [2.05, 4.69) is 45.7 Å². The molecular formula is C13H23N. The van der Waals surface area contributed by atoms with E-state index < -0.39 is 0 Å². The maximum atomic E-state index is 3.99. The highest BCUT2D eigenvalue weighted by atomic mass is 14.8. The van der Waals surface area contributed by atoms with Crippen molar-refractivity contribution in [1.29, 1.82) is 0 Å². The third-order valence-electron chi connectivity index (χ3n) is 2.03. The van der Waals surface area contributed by atoms with Gasteiger partial charge in [0.2, 0.25) is 0 Å². The summed E-state index contributed by atoms with van der Waals surface area (Å²) in [5, 5.41) is 3.22. The van der Waals surface area contributed by atoms with E-state index in [-0.39, 0.29) is 0 Å². The average molecular weight is 193 g/mol. The van der Waals surface area contributed by atoms with Crippen LogP contribution in [-0.2, 0) is 0 Å². The molecule has 0 fully saturated rings. The molecule has 0 aliphatic heterocycles. The summed E-state index contributed by atoms with van der Waals surface area (Å²) in [6.45, 7) is 14.7. The lowest BCUT2D eigenvalue weighted by atomic mass is 9.96. The highest BCUT2D eigenvalue weighted by Gasteiger charge is 2.07. The Morgan fingerprint density at radius 2 is 1.71 bits per heavy atom. The predicted molar refractivity (Wildman–Crippen MR) is 65.2 cm³/mol. The molecule has 0 aromatic heterocycles. The summed E-state index contributed by atoms with van der Waals surface area (Å²) in [6, 6.07) is 0. The van der Waals surface area contributed by atoms with Crippen LogP contribution in [0.2, 0.25) is 0 Å². The fourth-order valence-corrected chi connectivity index (χ4v) is 1.44. The molecule has 0 rings (SSSR count). The average Bonchev–Trinajstić information content (AvgIpc) is 2.02. The molecule has 0 aliphatic rings. The number of hydrogen-bond acceptors (Lipinski definition) is 1. The first-order valence-electron chi connectivity index (χ1n) is 5.12. The molecule has 14 heavy (non-hydrogen) atoms. The molecule has 1 N–H and O–H groups in total. The Kier molecular flexibility index (Phi) is 5.29. The van der Waals surface area contributed by atoms with Gasteiger partial charge in [-0.05, 0) is 37.8 Å². The van der Waals surface area contributed by atoms with Gasteiger partial charge in [0, 0.05) is 12.7 Å². The monoisotopic (exact) mass is 193 g/mol. The zero-order chi connectivity index (χ0) is 11.3. The van der Waals surface area contributed by atoms with Crippen LogP contribution in [0.15, 0.2) is 35.1 Å². The normalized spacial score (nSPS) is 12.2. The summed E-state index contributed by atoms with van der Waals surface area (Å²) in [6.07, 6.45) is 2.23. The lowest BCUT2D eigenvalue weighted by Gasteiger charge is -2.16. The molecule has 0 radical (unpaired) electrons. The highest BCUT2D eigenvalue weighted by molar-refractivity contribution is 5.38. The van der Waals surface area contributed by atoms with Crippen molar-refractivity contribution in [1.82, 2.24) is 5.32 Å². The smallest absolute Gasteiger partial charge is 0.0396 e. The first-order valence-corrected chi connectivity index (χ1v) is 5.12. The van der Waals surface area contributed by atoms with Crippen LogP contribution in [0.5, 0.6) is 0 Å². The SMILES string of the molecule is C=C(C)/C(NC)=C(\C=C(C)C)C(C)C. The van der Waals surface area contributed by atoms with Gasteiger partial charge in [0.1, 0.15) is 0 Å². The second kappa shape index (κ2) is 5.69. The molecule has 0 atom stereocenters. The van der Waals surface area contributed by atoms with Gasteiger partial charge >= 0.3 is 0 Å². The summed E-state index contributed by atoms with van der Waals surface area (Å²) in [4.78, 5) is 0. The van der Waals surface area contributed by atoms with Crippen LogP contribution in [0, 0.1) is 5.92 Å². The molecule has 0 heterocycles. The second-order valence-corrected chi connectivity index (χ2v) is 4.24. The second-order valence-electron chi connectivity index (χ2n) is 4.24. The molecule has 0 aromatic rings. The minimum absolute atomic E-state index is 0.518. The van der Waals surface area contributed by atoms with E-state index in [4.69, 9.17) is 0 Å². The van der Waals surface area contributed by atoms with Crippen LogP contribution >= 0.6 is 0 Å². The van der Waals surface area contributed by atoms with Crippen LogP contribution in [0.3, 0.4) is 0 Å². The van der Waals surface area contributed by atoms with Crippen LogP contribution in [-0.4, -0.2) is 7.05 Å². The van der Waals surface area contributed by atoms with Crippen LogP contribution in [0.4, 0.5) is 0 Å². The van der Waals surface area contributed by atoms with Crippen molar-refractivity contribution >= 4 is 0 Å². The summed E-state index contributed by atoms with van der Waals surface area (Å²) in [5.74, 6) is 0.518. The highest BCUT2D eigenvalue weighted by Crippen LogP contribution is 2.20. The van der Waals surface area contributed by atoms with Crippen LogP contribution < -0.4 is 5.32 Å². The van der Waals surface area contributed by atoms with E-state index in [1.54, 1.807) is 0 Å². The Balaban J connectivity index is 5.32. The Labute approximate surface area is 88.6 Å². The summed E-state index contributed by atoms with van der Waals surface area (Å²) in [5.41, 5.74) is 4.91. The van der Waals surface area contributed by atoms with Gasteiger partial charge in [0.15, 0.2) is 0 Å². The van der Waals surface area contributed by atoms with E-state index in [0.29, 0.717) is 5.92 Å². The zero-order valence-corrected chi connectivity index (χ0v) is 10.4. The maximum Gasteiger partial charge on any atom is 0.0396 e. The van der Waals surface area contributed by atoms with Gasteiger partial charge in [0.25, 0.3) is 0 Å². The van der Waals surface area contributed by atoms with Gasteiger partial charge in [-0.1, -0.05) is 32.1 Å². The van der Waals surface area contributed by atoms with Crippen molar-refractivity contribution in [2.45, 2.75) is 34.6 Å². The van der Waals surface area contributed by atoms with E-state index in [9.17, 15) is 0 Å². The zero-order valence-electron chi connectivity index (χ0n) is 10.4. The number of allylic oxidation sites excluding steroid dienone is 4. The lowest BCUT2D eigenvalue weighted by Crippen LogP contribution is -2.12. The van der Waals surface area contributed by atoms with Gasteiger partial charge in [-0.25, -0.2) is 0 Å². The Hall–Kier alpha value is -0.980. The van der Waals surface area contributed by atoms with Crippen molar-refractivity contribution in [3.05, 3.63) is 35.1 Å². The Morgan fingerprint density at radius 3 is 1.93 bits per heavy atom. The topological polar surface area (TPSA) is 12.0 Å². The number of nitrogens with one attached hydrogen (secondary N) is 1. The molecule has 80 valence electrons. The third-order valence-corrected chi connectivity index (χ3v) is 2.03. The fourth-order valence-electron chi connectivity index (χ4n) is 1.44. The summed E-state index contributed by atoms with van der Waals surface area (Å²) >= 11 is 0. The maximum absolute atomic E-state index is 3.99. The molecule has 0 aromatic carbocycles. The molecule has 0 saturated carbocycles. The molecule has 1 heteroatoms. The van der Waals surface area contributed by atoms with Crippen molar-refractivity contribution in [3.63, 3.8) is 0 Å². The van der Waals surface area contributed by atoms with E-state index in [0.717, 1.165) is 5.57 Å². The van der Waals surface area contributed by atoms with E-state index in [1.807, 2.05) is 14.0 Å². The van der Waals surface area contributed by atoms with Gasteiger partial charge in [-0.2, -0.15) is 0 Å². The van der Waals surface area contributed by atoms with Gasteiger partial charge < -0.3 is 5.32 Å². The van der Waals surface area contributed by atoms with E-state index >= 15 is 0 Å². The summed E-state index contributed by atoms with van der Waals surface area (Å²) in [7, 11) is 1.95. The largest absolute Gasteiger partial charge is 0.388 e. The molecule has 0 unspecified atom stereocenters. The Morgan fingerprint density at radius 1 is 1.21 bits per heavy atom. The molecule has 0 saturated heterocycles. The minimum Gasteiger partial charge on any atom is -0.388 e. The van der Waals surface area contributed by atoms with Crippen molar-refractivity contribution in [2.24, 2.45) is 5.92 Å². The fraction of sp³-hybridized carbons (Fsp3) is 0.538. The predicted octanol–water partition coefficient (Wildman–Crippen LogP) is 3.66. The van der Waals surface area contributed by atoms with Crippen molar-refractivity contribution < 1.29 is 0 Å². The number of rotatable bonds is 4. The van der Waals surface area contributed by atoms with Crippen molar-refractivity contribution in [3.8, 4) is 0 Å². The van der Waals surface area contributed by atoms with Crippen LogP contribution in [0.1, 0.15) is 34.6 Å². The first-order chi connectivity index (χ1) is 6.40. The quantitative estimate of drug-likeness (QED) is 0.672. The van der Waals surface area contributed by atoms with E-state index in [1.165, 1.54) is 16.8 Å². The molecule has 0 spiro atoms. The van der Waals surface area contributed by atoms with Gasteiger partial charge in [0.05, 0.1) is 0 Å². The molecule has 1 nitrogen and oxygen atoms in total. The van der Waals surface area contributed by atoms with Crippen LogP contribution in [0.25, 0.3) is 0 Å². The molecular weight excluding hydrogens is 170 g/mol. The standard InChI is InChI=1S/C13H23N/c1-9(2)8-12(10(3)4)13(14-7)11(5)6/h8,10,14H,5H2,1-4,6-7H3/b13-12-. The minimum atomic E-state index is 0.518.